The number of hydrogen-bond donors (Lipinski definition) is 0. The molecule has 4 fully saturated rings. The maximum Gasteiger partial charge on any atom is 0.269 e. The number of non-ortho nitro benzene ring substituents is 1. The van der Waals surface area contributed by atoms with Crippen LogP contribution in [-0.4, -0.2) is 48.0 Å². The smallest absolute Gasteiger partial charge is 0.269 e. The van der Waals surface area contributed by atoms with Crippen molar-refractivity contribution in [2.45, 2.75) is 62.9 Å². The predicted molar refractivity (Wildman–Crippen MR) is 96.4 cm³/mol. The molecule has 1 aromatic rings. The van der Waals surface area contributed by atoms with E-state index in [1.807, 2.05) is 13.8 Å². The maximum atomic E-state index is 10.9. The average molecular weight is 389 g/mol. The van der Waals surface area contributed by atoms with Gasteiger partial charge in [0.15, 0.2) is 12.1 Å². The van der Waals surface area contributed by atoms with Crippen LogP contribution in [0.25, 0.3) is 0 Å². The van der Waals surface area contributed by atoms with Gasteiger partial charge in [-0.2, -0.15) is 0 Å². The first-order valence-corrected chi connectivity index (χ1v) is 9.52. The van der Waals surface area contributed by atoms with Gasteiger partial charge in [-0.15, -0.1) is 0 Å². The first kappa shape index (κ1) is 18.2. The van der Waals surface area contributed by atoms with E-state index in [-0.39, 0.29) is 42.1 Å². The highest BCUT2D eigenvalue weighted by Gasteiger charge is 2.61. The highest BCUT2D eigenvalue weighted by molar-refractivity contribution is 5.35. The van der Waals surface area contributed by atoms with E-state index >= 15 is 0 Å². The van der Waals surface area contributed by atoms with Crippen molar-refractivity contribution in [2.75, 3.05) is 6.61 Å². The highest BCUT2D eigenvalue weighted by atomic mass is 16.8. The van der Waals surface area contributed by atoms with Gasteiger partial charge < -0.3 is 23.7 Å². The number of nitro benzene ring substituents is 1. The summed E-state index contributed by atoms with van der Waals surface area (Å²) in [6.45, 7) is 8.47. The minimum atomic E-state index is -0.696. The van der Waals surface area contributed by atoms with Crippen LogP contribution in [0.1, 0.15) is 31.9 Å². The zero-order chi connectivity index (χ0) is 19.6. The van der Waals surface area contributed by atoms with Crippen LogP contribution in [0.2, 0.25) is 0 Å². The fourth-order valence-corrected chi connectivity index (χ4v) is 4.65. The second-order valence-electron chi connectivity index (χ2n) is 8.27. The predicted octanol–water partition coefficient (Wildman–Crippen LogP) is 2.87. The molecular formula is C20H23NO7. The minimum absolute atomic E-state index is 0.0439. The molecular weight excluding hydrogens is 366 g/mol. The van der Waals surface area contributed by atoms with Crippen LogP contribution in [-0.2, 0) is 23.7 Å². The molecule has 0 bridgehead atoms. The molecule has 5 rings (SSSR count). The first-order chi connectivity index (χ1) is 13.3. The Bertz CT molecular complexity index is 807. The van der Waals surface area contributed by atoms with Gasteiger partial charge in [0, 0.05) is 18.1 Å². The number of benzene rings is 1. The van der Waals surface area contributed by atoms with E-state index in [2.05, 4.69) is 6.58 Å². The molecule has 0 N–H and O–H groups in total. The topological polar surface area (TPSA) is 89.3 Å². The molecule has 0 spiro atoms. The van der Waals surface area contributed by atoms with Crippen LogP contribution in [0, 0.1) is 16.0 Å². The Morgan fingerprint density at radius 2 is 1.82 bits per heavy atom. The summed E-state index contributed by atoms with van der Waals surface area (Å²) in [5.74, 6) is -0.652. The van der Waals surface area contributed by atoms with Gasteiger partial charge in [-0.25, -0.2) is 0 Å². The standard InChI is InChI=1S/C20H23NO7/c1-10-8-14(11-4-6-12(7-5-11)21(22)23)25-15-13(10)9-24-16-17(15)26-19-18(16)27-20(2,3)28-19/h4-7,13-19H,1,8-9H2,2-3H3/t13-,14+,15-,16-,17+,18+,19+/m0/s1. The van der Waals surface area contributed by atoms with E-state index in [9.17, 15) is 10.1 Å². The molecule has 28 heavy (non-hydrogen) atoms. The molecule has 4 aliphatic rings. The van der Waals surface area contributed by atoms with Crippen LogP contribution in [0.4, 0.5) is 5.69 Å². The van der Waals surface area contributed by atoms with Crippen molar-refractivity contribution in [3.8, 4) is 0 Å². The second kappa shape index (κ2) is 6.33. The molecule has 0 aliphatic carbocycles. The van der Waals surface area contributed by atoms with Crippen LogP contribution in [0.5, 0.6) is 0 Å². The molecule has 0 radical (unpaired) electrons. The van der Waals surface area contributed by atoms with Gasteiger partial charge in [0.1, 0.15) is 18.3 Å². The van der Waals surface area contributed by atoms with E-state index in [1.165, 1.54) is 12.1 Å². The molecule has 4 heterocycles. The summed E-state index contributed by atoms with van der Waals surface area (Å²) in [6.07, 6.45) is -1.11. The number of nitrogens with zero attached hydrogens (tertiary/aromatic N) is 1. The van der Waals surface area contributed by atoms with Gasteiger partial charge in [0.25, 0.3) is 5.69 Å². The lowest BCUT2D eigenvalue weighted by molar-refractivity contribution is -0.384. The van der Waals surface area contributed by atoms with Gasteiger partial charge in [0.05, 0.1) is 23.7 Å². The normalized spacial score (nSPS) is 41.2. The van der Waals surface area contributed by atoms with Gasteiger partial charge in [-0.05, 0) is 38.0 Å². The first-order valence-electron chi connectivity index (χ1n) is 9.52. The van der Waals surface area contributed by atoms with Crippen molar-refractivity contribution in [1.82, 2.24) is 0 Å². The molecule has 150 valence electrons. The molecule has 4 saturated heterocycles. The SMILES string of the molecule is C=C1C[C@H](c2ccc([N+](=O)[O-])cc2)O[C@@H]2[C@H]3O[C@@H]4OC(C)(C)O[C@@H]4[C@H]3OC[C@@H]12. The molecule has 8 nitrogen and oxygen atoms in total. The molecule has 0 unspecified atom stereocenters. The van der Waals surface area contributed by atoms with Gasteiger partial charge >= 0.3 is 0 Å². The van der Waals surface area contributed by atoms with E-state index < -0.39 is 17.0 Å². The third kappa shape index (κ3) is 2.87. The molecule has 0 amide bonds. The van der Waals surface area contributed by atoms with Crippen LogP contribution >= 0.6 is 0 Å². The quantitative estimate of drug-likeness (QED) is 0.436. The Morgan fingerprint density at radius 3 is 2.54 bits per heavy atom. The van der Waals surface area contributed by atoms with Crippen molar-refractivity contribution in [1.29, 1.82) is 0 Å². The van der Waals surface area contributed by atoms with Gasteiger partial charge in [0.2, 0.25) is 0 Å². The largest absolute Gasteiger partial charge is 0.372 e. The summed E-state index contributed by atoms with van der Waals surface area (Å²) >= 11 is 0. The number of nitro groups is 1. The third-order valence-electron chi connectivity index (χ3n) is 5.98. The zero-order valence-corrected chi connectivity index (χ0v) is 15.8. The Morgan fingerprint density at radius 1 is 1.07 bits per heavy atom. The van der Waals surface area contributed by atoms with Gasteiger partial charge in [-0.1, -0.05) is 12.2 Å². The second-order valence-corrected chi connectivity index (χ2v) is 8.27. The summed E-state index contributed by atoms with van der Waals surface area (Å²) in [4.78, 5) is 10.5. The van der Waals surface area contributed by atoms with E-state index in [0.717, 1.165) is 11.1 Å². The summed E-state index contributed by atoms with van der Waals surface area (Å²) in [6, 6.07) is 6.49. The summed E-state index contributed by atoms with van der Waals surface area (Å²) in [5, 5.41) is 10.9. The van der Waals surface area contributed by atoms with Crippen molar-refractivity contribution in [3.05, 3.63) is 52.1 Å². The molecule has 7 atom stereocenters. The Labute approximate surface area is 162 Å². The Kier molecular flexibility index (Phi) is 4.12. The highest BCUT2D eigenvalue weighted by Crippen LogP contribution is 2.48. The third-order valence-corrected chi connectivity index (χ3v) is 5.98. The fraction of sp³-hybridized carbons (Fsp3) is 0.600. The molecule has 8 heteroatoms. The summed E-state index contributed by atoms with van der Waals surface area (Å²) in [5.41, 5.74) is 1.99. The van der Waals surface area contributed by atoms with Crippen molar-refractivity contribution in [2.24, 2.45) is 5.92 Å². The van der Waals surface area contributed by atoms with Crippen LogP contribution < -0.4 is 0 Å². The van der Waals surface area contributed by atoms with Crippen LogP contribution in [0.15, 0.2) is 36.4 Å². The van der Waals surface area contributed by atoms with Crippen molar-refractivity contribution < 1.29 is 28.6 Å². The Balaban J connectivity index is 1.37. The lowest BCUT2D eigenvalue weighted by Crippen LogP contribution is -2.55. The summed E-state index contributed by atoms with van der Waals surface area (Å²) in [7, 11) is 0. The van der Waals surface area contributed by atoms with Crippen molar-refractivity contribution in [3.63, 3.8) is 0 Å². The molecule has 0 aromatic heterocycles. The van der Waals surface area contributed by atoms with Crippen LogP contribution in [0.3, 0.4) is 0 Å². The number of hydrogen-bond acceptors (Lipinski definition) is 7. The molecule has 0 saturated carbocycles. The molecule has 1 aromatic carbocycles. The molecule has 4 aliphatic heterocycles. The van der Waals surface area contributed by atoms with Crippen molar-refractivity contribution >= 4 is 5.69 Å². The van der Waals surface area contributed by atoms with E-state index in [0.29, 0.717) is 13.0 Å². The number of fused-ring (bicyclic) bond motifs is 5. The Hall–Kier alpha value is -1.84. The zero-order valence-electron chi connectivity index (χ0n) is 15.8. The minimum Gasteiger partial charge on any atom is -0.372 e. The lowest BCUT2D eigenvalue weighted by atomic mass is 9.80. The van der Waals surface area contributed by atoms with E-state index in [1.54, 1.807) is 12.1 Å². The van der Waals surface area contributed by atoms with E-state index in [4.69, 9.17) is 23.7 Å². The number of rotatable bonds is 2. The average Bonchev–Trinajstić information content (AvgIpc) is 3.13. The lowest BCUT2D eigenvalue weighted by Gasteiger charge is -2.46. The summed E-state index contributed by atoms with van der Waals surface area (Å²) < 4.78 is 30.5. The maximum absolute atomic E-state index is 10.9. The fourth-order valence-electron chi connectivity index (χ4n) is 4.65. The monoisotopic (exact) mass is 389 g/mol. The van der Waals surface area contributed by atoms with Gasteiger partial charge in [-0.3, -0.25) is 10.1 Å². The number of ether oxygens (including phenoxy) is 5.